The van der Waals surface area contributed by atoms with Gasteiger partial charge >= 0.3 is 0 Å². The van der Waals surface area contributed by atoms with Crippen molar-refractivity contribution in [1.82, 2.24) is 25.3 Å². The Labute approximate surface area is 116 Å². The number of rotatable bonds is 4. The molecule has 1 atom stereocenters. The Morgan fingerprint density at radius 1 is 1.15 bits per heavy atom. The molecule has 20 heavy (non-hydrogen) atoms. The van der Waals surface area contributed by atoms with E-state index in [1.54, 1.807) is 0 Å². The summed E-state index contributed by atoms with van der Waals surface area (Å²) in [4.78, 5) is 0. The van der Waals surface area contributed by atoms with E-state index in [0.29, 0.717) is 17.4 Å². The molecule has 102 valence electrons. The smallest absolute Gasteiger partial charge is 0.200 e. The Kier molecular flexibility index (Phi) is 3.28. The van der Waals surface area contributed by atoms with Gasteiger partial charge in [0.05, 0.1) is 0 Å². The minimum atomic E-state index is 0.583. The molecule has 3 rings (SSSR count). The van der Waals surface area contributed by atoms with Crippen molar-refractivity contribution in [3.8, 4) is 0 Å². The van der Waals surface area contributed by atoms with Crippen LogP contribution in [0, 0.1) is 0 Å². The van der Waals surface area contributed by atoms with E-state index >= 15 is 0 Å². The maximum absolute atomic E-state index is 4.27. The van der Waals surface area contributed by atoms with Gasteiger partial charge in [-0.3, -0.25) is 0 Å². The Morgan fingerprint density at radius 3 is 2.70 bits per heavy atom. The quantitative estimate of drug-likeness (QED) is 0.788. The molecule has 0 spiro atoms. The number of tetrazole rings is 1. The lowest BCUT2D eigenvalue weighted by Gasteiger charge is -2.10. The van der Waals surface area contributed by atoms with Crippen molar-refractivity contribution in [3.05, 3.63) is 42.0 Å². The summed E-state index contributed by atoms with van der Waals surface area (Å²) < 4.78 is 1.40. The zero-order valence-electron chi connectivity index (χ0n) is 11.5. The van der Waals surface area contributed by atoms with E-state index in [2.05, 4.69) is 64.1 Å². The first kappa shape index (κ1) is 12.5. The number of nitrogens with zero attached hydrogens (tertiary/aromatic N) is 5. The summed E-state index contributed by atoms with van der Waals surface area (Å²) in [5, 5.41) is 18.7. The topological polar surface area (TPSA) is 68.0 Å². The summed E-state index contributed by atoms with van der Waals surface area (Å²) in [6, 6.07) is 12.1. The second-order valence-electron chi connectivity index (χ2n) is 4.80. The zero-order chi connectivity index (χ0) is 13.9. The monoisotopic (exact) mass is 268 g/mol. The number of benzene rings is 1. The Hall–Kier alpha value is -2.50. The molecule has 0 saturated heterocycles. The molecule has 0 aliphatic rings. The maximum atomic E-state index is 4.27. The number of nitrogens with one attached hydrogen (secondary N) is 1. The minimum absolute atomic E-state index is 0.583. The predicted octanol–water partition coefficient (Wildman–Crippen LogP) is 2.78. The van der Waals surface area contributed by atoms with Crippen molar-refractivity contribution >= 4 is 17.2 Å². The van der Waals surface area contributed by atoms with Gasteiger partial charge in [-0.1, -0.05) is 26.0 Å². The van der Waals surface area contributed by atoms with Crippen molar-refractivity contribution in [2.75, 3.05) is 5.32 Å². The molecule has 0 unspecified atom stereocenters. The van der Waals surface area contributed by atoms with E-state index in [-0.39, 0.29) is 0 Å². The van der Waals surface area contributed by atoms with E-state index in [9.17, 15) is 0 Å². The van der Waals surface area contributed by atoms with Crippen LogP contribution in [0.5, 0.6) is 0 Å². The van der Waals surface area contributed by atoms with Gasteiger partial charge in [0.25, 0.3) is 0 Å². The maximum Gasteiger partial charge on any atom is 0.200 e. The van der Waals surface area contributed by atoms with Crippen LogP contribution in [0.15, 0.2) is 36.4 Å². The van der Waals surface area contributed by atoms with Crippen LogP contribution in [0.1, 0.15) is 31.7 Å². The highest BCUT2D eigenvalue weighted by Gasteiger charge is 2.04. The number of anilines is 2. The third-order valence-electron chi connectivity index (χ3n) is 3.43. The first-order chi connectivity index (χ1) is 9.76. The van der Waals surface area contributed by atoms with Crippen LogP contribution >= 0.6 is 0 Å². The molecule has 0 fully saturated rings. The fraction of sp³-hybridized carbons (Fsp3) is 0.286. The summed E-state index contributed by atoms with van der Waals surface area (Å²) in [6.45, 7) is 4.43. The Bertz CT molecular complexity index is 703. The molecular weight excluding hydrogens is 252 g/mol. The van der Waals surface area contributed by atoms with Gasteiger partial charge in [0, 0.05) is 5.69 Å². The molecule has 0 saturated carbocycles. The van der Waals surface area contributed by atoms with E-state index in [4.69, 9.17) is 0 Å². The van der Waals surface area contributed by atoms with Gasteiger partial charge in [0.15, 0.2) is 11.5 Å². The molecular formula is C14H16N6. The number of hydrogen-bond acceptors (Lipinski definition) is 5. The van der Waals surface area contributed by atoms with Crippen molar-refractivity contribution in [1.29, 1.82) is 0 Å². The largest absolute Gasteiger partial charge is 0.339 e. The SMILES string of the molecule is CC[C@H](C)c1ccc(Nc2ccc3nnnn3n2)cc1. The molecule has 6 heteroatoms. The molecule has 0 aliphatic carbocycles. The molecule has 0 bridgehead atoms. The normalized spacial score (nSPS) is 12.5. The van der Waals surface area contributed by atoms with Crippen molar-refractivity contribution < 1.29 is 0 Å². The average Bonchev–Trinajstić information content (AvgIpc) is 2.95. The van der Waals surface area contributed by atoms with Crippen LogP contribution in [-0.2, 0) is 0 Å². The Morgan fingerprint density at radius 2 is 1.95 bits per heavy atom. The molecule has 2 aromatic heterocycles. The standard InChI is InChI=1S/C14H16N6/c1-3-10(2)11-4-6-12(7-5-11)15-13-8-9-14-16-18-19-20(14)17-13/h4-10H,3H2,1-2H3,(H,15,17)/t10-/m0/s1. The van der Waals surface area contributed by atoms with Crippen LogP contribution in [0.4, 0.5) is 11.5 Å². The summed E-state index contributed by atoms with van der Waals surface area (Å²) in [7, 11) is 0. The fourth-order valence-corrected chi connectivity index (χ4v) is 1.99. The molecule has 2 heterocycles. The number of fused-ring (bicyclic) bond motifs is 1. The summed E-state index contributed by atoms with van der Waals surface area (Å²) in [5.74, 6) is 1.29. The van der Waals surface area contributed by atoms with Gasteiger partial charge < -0.3 is 5.32 Å². The Balaban J connectivity index is 1.79. The fourth-order valence-electron chi connectivity index (χ4n) is 1.99. The lowest BCUT2D eigenvalue weighted by molar-refractivity contribution is 0.733. The summed E-state index contributed by atoms with van der Waals surface area (Å²) >= 11 is 0. The van der Waals surface area contributed by atoms with Gasteiger partial charge in [-0.2, -0.15) is 0 Å². The molecule has 6 nitrogen and oxygen atoms in total. The zero-order valence-corrected chi connectivity index (χ0v) is 11.5. The van der Waals surface area contributed by atoms with Crippen molar-refractivity contribution in [3.63, 3.8) is 0 Å². The van der Waals surface area contributed by atoms with E-state index < -0.39 is 0 Å². The summed E-state index contributed by atoms with van der Waals surface area (Å²) in [6.07, 6.45) is 1.14. The van der Waals surface area contributed by atoms with Crippen molar-refractivity contribution in [2.24, 2.45) is 0 Å². The van der Waals surface area contributed by atoms with Crippen LogP contribution in [0.25, 0.3) is 5.65 Å². The van der Waals surface area contributed by atoms with Crippen LogP contribution in [-0.4, -0.2) is 25.3 Å². The average molecular weight is 268 g/mol. The molecule has 0 aliphatic heterocycles. The van der Waals surface area contributed by atoms with Gasteiger partial charge in [-0.25, -0.2) is 0 Å². The van der Waals surface area contributed by atoms with Crippen LogP contribution < -0.4 is 5.32 Å². The molecule has 0 amide bonds. The van der Waals surface area contributed by atoms with Crippen LogP contribution in [0.3, 0.4) is 0 Å². The predicted molar refractivity (Wildman–Crippen MR) is 77.0 cm³/mol. The highest BCUT2D eigenvalue weighted by Crippen LogP contribution is 2.21. The van der Waals surface area contributed by atoms with Gasteiger partial charge in [-0.15, -0.1) is 14.8 Å². The molecule has 0 radical (unpaired) electrons. The van der Waals surface area contributed by atoms with Gasteiger partial charge in [0.2, 0.25) is 0 Å². The minimum Gasteiger partial charge on any atom is -0.339 e. The highest BCUT2D eigenvalue weighted by molar-refractivity contribution is 5.57. The third-order valence-corrected chi connectivity index (χ3v) is 3.43. The number of hydrogen-bond donors (Lipinski definition) is 1. The highest BCUT2D eigenvalue weighted by atomic mass is 15.6. The van der Waals surface area contributed by atoms with Crippen LogP contribution in [0.2, 0.25) is 0 Å². The van der Waals surface area contributed by atoms with E-state index in [0.717, 1.165) is 12.1 Å². The first-order valence-electron chi connectivity index (χ1n) is 6.68. The first-order valence-corrected chi connectivity index (χ1v) is 6.68. The lowest BCUT2D eigenvalue weighted by Crippen LogP contribution is -2.00. The second kappa shape index (κ2) is 5.24. The molecule has 1 aromatic carbocycles. The molecule has 1 N–H and O–H groups in total. The second-order valence-corrected chi connectivity index (χ2v) is 4.80. The number of aromatic nitrogens is 5. The van der Waals surface area contributed by atoms with E-state index in [1.165, 1.54) is 10.2 Å². The van der Waals surface area contributed by atoms with Crippen molar-refractivity contribution in [2.45, 2.75) is 26.2 Å². The van der Waals surface area contributed by atoms with E-state index in [1.807, 2.05) is 12.1 Å². The van der Waals surface area contributed by atoms with Gasteiger partial charge in [-0.05, 0) is 52.6 Å². The van der Waals surface area contributed by atoms with Gasteiger partial charge in [0.1, 0.15) is 0 Å². The third kappa shape index (κ3) is 2.45. The summed E-state index contributed by atoms with van der Waals surface area (Å²) in [5.41, 5.74) is 2.97. The molecule has 3 aromatic rings. The lowest BCUT2D eigenvalue weighted by atomic mass is 9.99.